The van der Waals surface area contributed by atoms with Gasteiger partial charge in [0, 0.05) is 25.7 Å². The van der Waals surface area contributed by atoms with E-state index < -0.39 is 0 Å². The van der Waals surface area contributed by atoms with Gasteiger partial charge in [-0.05, 0) is 39.3 Å². The van der Waals surface area contributed by atoms with Crippen LogP contribution in [0, 0.1) is 0 Å². The molecule has 1 aliphatic rings. The molecule has 0 aromatic heterocycles. The summed E-state index contributed by atoms with van der Waals surface area (Å²) >= 11 is 0. The average molecular weight is 228 g/mol. The van der Waals surface area contributed by atoms with Gasteiger partial charge in [-0.15, -0.1) is 0 Å². The van der Waals surface area contributed by atoms with Gasteiger partial charge in [0.2, 0.25) is 0 Å². The van der Waals surface area contributed by atoms with E-state index in [9.17, 15) is 0 Å². The summed E-state index contributed by atoms with van der Waals surface area (Å²) in [5.74, 6) is 0. The highest BCUT2D eigenvalue weighted by molar-refractivity contribution is 4.78. The van der Waals surface area contributed by atoms with Crippen LogP contribution in [0.3, 0.4) is 0 Å². The zero-order valence-electron chi connectivity index (χ0n) is 11.2. The van der Waals surface area contributed by atoms with Crippen LogP contribution in [-0.4, -0.2) is 49.8 Å². The van der Waals surface area contributed by atoms with Crippen molar-refractivity contribution >= 4 is 0 Å². The van der Waals surface area contributed by atoms with Crippen LogP contribution in [0.15, 0.2) is 0 Å². The quantitative estimate of drug-likeness (QED) is 0.720. The van der Waals surface area contributed by atoms with Crippen molar-refractivity contribution in [1.82, 2.24) is 10.2 Å². The highest BCUT2D eigenvalue weighted by Crippen LogP contribution is 2.15. The second-order valence-corrected chi connectivity index (χ2v) is 4.79. The third-order valence-corrected chi connectivity index (χ3v) is 3.28. The molecule has 0 aliphatic carbocycles. The van der Waals surface area contributed by atoms with Crippen LogP contribution in [0.4, 0.5) is 0 Å². The first-order chi connectivity index (χ1) is 7.77. The second-order valence-electron chi connectivity index (χ2n) is 4.79. The van der Waals surface area contributed by atoms with Crippen molar-refractivity contribution in [3.63, 3.8) is 0 Å². The molecule has 2 unspecified atom stereocenters. The van der Waals surface area contributed by atoms with Crippen LogP contribution < -0.4 is 5.32 Å². The van der Waals surface area contributed by atoms with Crippen molar-refractivity contribution in [2.24, 2.45) is 0 Å². The molecule has 0 bridgehead atoms. The van der Waals surface area contributed by atoms with Crippen LogP contribution in [0.1, 0.15) is 40.0 Å². The van der Waals surface area contributed by atoms with E-state index >= 15 is 0 Å². The van der Waals surface area contributed by atoms with E-state index in [0.717, 1.165) is 32.7 Å². The van der Waals surface area contributed by atoms with Gasteiger partial charge in [0.1, 0.15) is 0 Å². The first-order valence-electron chi connectivity index (χ1n) is 6.84. The number of ether oxygens (including phenoxy) is 1. The lowest BCUT2D eigenvalue weighted by Crippen LogP contribution is -2.48. The molecule has 3 heteroatoms. The lowest BCUT2D eigenvalue weighted by Gasteiger charge is -2.36. The molecule has 1 N–H and O–H groups in total. The van der Waals surface area contributed by atoms with Gasteiger partial charge in [0.25, 0.3) is 0 Å². The number of likely N-dealkylation sites (tertiary alicyclic amines) is 1. The molecule has 1 rings (SSSR count). The molecular formula is C13H28N2O. The Morgan fingerprint density at radius 3 is 2.94 bits per heavy atom. The van der Waals surface area contributed by atoms with Crippen molar-refractivity contribution in [2.75, 3.05) is 32.8 Å². The van der Waals surface area contributed by atoms with Gasteiger partial charge in [-0.25, -0.2) is 0 Å². The standard InChI is InChI=1S/C13H28N2O/c1-4-9-16-13-7-6-8-15(11-13)12(3)10-14-5-2/h12-14H,4-11H2,1-3H3. The molecule has 0 radical (unpaired) electrons. The van der Waals surface area contributed by atoms with E-state index in [1.54, 1.807) is 0 Å². The van der Waals surface area contributed by atoms with Gasteiger partial charge in [-0.1, -0.05) is 13.8 Å². The van der Waals surface area contributed by atoms with Gasteiger partial charge in [-0.3, -0.25) is 4.90 Å². The number of piperidine rings is 1. The van der Waals surface area contributed by atoms with E-state index in [-0.39, 0.29) is 0 Å². The Morgan fingerprint density at radius 1 is 1.44 bits per heavy atom. The van der Waals surface area contributed by atoms with Crippen molar-refractivity contribution in [3.8, 4) is 0 Å². The maximum Gasteiger partial charge on any atom is 0.0702 e. The van der Waals surface area contributed by atoms with E-state index in [2.05, 4.69) is 31.0 Å². The Hall–Kier alpha value is -0.120. The van der Waals surface area contributed by atoms with Gasteiger partial charge in [0.05, 0.1) is 6.10 Å². The summed E-state index contributed by atoms with van der Waals surface area (Å²) in [5, 5.41) is 3.42. The number of rotatable bonds is 7. The van der Waals surface area contributed by atoms with Crippen molar-refractivity contribution < 1.29 is 4.74 Å². The number of hydrogen-bond donors (Lipinski definition) is 1. The van der Waals surface area contributed by atoms with Crippen molar-refractivity contribution in [1.29, 1.82) is 0 Å². The largest absolute Gasteiger partial charge is 0.377 e. The second kappa shape index (κ2) is 8.04. The summed E-state index contributed by atoms with van der Waals surface area (Å²) in [6.07, 6.45) is 4.12. The van der Waals surface area contributed by atoms with Crippen molar-refractivity contribution in [2.45, 2.75) is 52.2 Å². The van der Waals surface area contributed by atoms with E-state index in [4.69, 9.17) is 4.74 Å². The molecule has 1 aliphatic heterocycles. The highest BCUT2D eigenvalue weighted by Gasteiger charge is 2.23. The Balaban J connectivity index is 2.25. The maximum atomic E-state index is 5.85. The predicted octanol–water partition coefficient (Wildman–Crippen LogP) is 1.88. The van der Waals surface area contributed by atoms with Crippen LogP contribution in [0.5, 0.6) is 0 Å². The van der Waals surface area contributed by atoms with E-state index in [1.807, 2.05) is 0 Å². The summed E-state index contributed by atoms with van der Waals surface area (Å²) in [6.45, 7) is 12.1. The Kier molecular flexibility index (Phi) is 7.01. The minimum absolute atomic E-state index is 0.470. The summed E-state index contributed by atoms with van der Waals surface area (Å²) in [4.78, 5) is 2.56. The fourth-order valence-corrected chi connectivity index (χ4v) is 2.27. The summed E-state index contributed by atoms with van der Waals surface area (Å²) in [7, 11) is 0. The molecule has 0 aromatic rings. The zero-order chi connectivity index (χ0) is 11.8. The van der Waals surface area contributed by atoms with Gasteiger partial charge < -0.3 is 10.1 Å². The lowest BCUT2D eigenvalue weighted by atomic mass is 10.1. The van der Waals surface area contributed by atoms with Crippen LogP contribution in [0.2, 0.25) is 0 Å². The SMILES string of the molecule is CCCOC1CCCN(C(C)CNCC)C1. The van der Waals surface area contributed by atoms with Crippen molar-refractivity contribution in [3.05, 3.63) is 0 Å². The number of likely N-dealkylation sites (N-methyl/N-ethyl adjacent to an activating group) is 1. The summed E-state index contributed by atoms with van der Waals surface area (Å²) in [5.41, 5.74) is 0. The number of nitrogens with zero attached hydrogens (tertiary/aromatic N) is 1. The minimum Gasteiger partial charge on any atom is -0.377 e. The first-order valence-corrected chi connectivity index (χ1v) is 6.84. The molecule has 0 aromatic carbocycles. The van der Waals surface area contributed by atoms with Crippen LogP contribution in [0.25, 0.3) is 0 Å². The minimum atomic E-state index is 0.470. The molecule has 16 heavy (non-hydrogen) atoms. The van der Waals surface area contributed by atoms with Gasteiger partial charge in [0.15, 0.2) is 0 Å². The monoisotopic (exact) mass is 228 g/mol. The highest BCUT2D eigenvalue weighted by atomic mass is 16.5. The third kappa shape index (κ3) is 4.81. The molecular weight excluding hydrogens is 200 g/mol. The zero-order valence-corrected chi connectivity index (χ0v) is 11.2. The topological polar surface area (TPSA) is 24.5 Å². The Morgan fingerprint density at radius 2 is 2.25 bits per heavy atom. The molecule has 1 fully saturated rings. The number of nitrogens with one attached hydrogen (secondary N) is 1. The lowest BCUT2D eigenvalue weighted by molar-refractivity contribution is -0.0101. The van der Waals surface area contributed by atoms with E-state index in [0.29, 0.717) is 12.1 Å². The first kappa shape index (κ1) is 13.9. The molecule has 0 amide bonds. The summed E-state index contributed by atoms with van der Waals surface area (Å²) in [6, 6.07) is 0.632. The molecule has 0 spiro atoms. The molecule has 3 nitrogen and oxygen atoms in total. The predicted molar refractivity (Wildman–Crippen MR) is 68.8 cm³/mol. The average Bonchev–Trinajstić information content (AvgIpc) is 2.33. The Bertz CT molecular complexity index is 169. The molecule has 1 heterocycles. The number of hydrogen-bond acceptors (Lipinski definition) is 3. The van der Waals surface area contributed by atoms with E-state index in [1.165, 1.54) is 19.4 Å². The van der Waals surface area contributed by atoms with Gasteiger partial charge >= 0.3 is 0 Å². The maximum absolute atomic E-state index is 5.85. The van der Waals surface area contributed by atoms with Crippen LogP contribution >= 0.6 is 0 Å². The molecule has 1 saturated heterocycles. The molecule has 0 saturated carbocycles. The Labute approximate surface area is 101 Å². The van der Waals surface area contributed by atoms with Crippen LogP contribution in [-0.2, 0) is 4.74 Å². The molecule has 2 atom stereocenters. The molecule has 96 valence electrons. The fourth-order valence-electron chi connectivity index (χ4n) is 2.27. The fraction of sp³-hybridized carbons (Fsp3) is 1.00. The smallest absolute Gasteiger partial charge is 0.0702 e. The summed E-state index contributed by atoms with van der Waals surface area (Å²) < 4.78 is 5.85. The van der Waals surface area contributed by atoms with Gasteiger partial charge in [-0.2, -0.15) is 0 Å². The third-order valence-electron chi connectivity index (χ3n) is 3.28. The normalized spacial score (nSPS) is 24.6.